The van der Waals surface area contributed by atoms with Gasteiger partial charge < -0.3 is 45.1 Å². The fourth-order valence-electron chi connectivity index (χ4n) is 4.43. The topological polar surface area (TPSA) is 300 Å². The van der Waals surface area contributed by atoms with Crippen LogP contribution in [-0.2, 0) is 17.6 Å². The zero-order valence-electron chi connectivity index (χ0n) is 27.7. The van der Waals surface area contributed by atoms with Gasteiger partial charge in [0.25, 0.3) is 0 Å². The molecule has 3 aromatic carbocycles. The van der Waals surface area contributed by atoms with Gasteiger partial charge in [0.15, 0.2) is 5.78 Å². The number of Topliss-reactive ketones (excluding diaryl/α,β-unsaturated/α-hetero) is 1. The molecule has 49 heavy (non-hydrogen) atoms. The van der Waals surface area contributed by atoms with Crippen molar-refractivity contribution in [3.63, 3.8) is 0 Å². The molecule has 16 nitrogen and oxygen atoms in total. The average Bonchev–Trinajstić information content (AvgIpc) is 3.04. The number of anilines is 1. The van der Waals surface area contributed by atoms with Gasteiger partial charge in [-0.2, -0.15) is 15.3 Å². The van der Waals surface area contributed by atoms with E-state index in [0.717, 1.165) is 0 Å². The van der Waals surface area contributed by atoms with Crippen LogP contribution in [0.1, 0.15) is 71.4 Å². The second-order valence-corrected chi connectivity index (χ2v) is 11.0. The smallest absolute Gasteiger partial charge is 0.228 e. The molecule has 0 saturated heterocycles. The Hall–Kier alpha value is -6.71. The number of rotatable bonds is 13. The first kappa shape index (κ1) is 36.8. The number of ketones is 1. The minimum absolute atomic E-state index is 0.0246. The van der Waals surface area contributed by atoms with E-state index < -0.39 is 0 Å². The molecule has 0 radical (unpaired) electrons. The summed E-state index contributed by atoms with van der Waals surface area (Å²) >= 11 is 0. The second-order valence-electron chi connectivity index (χ2n) is 11.0. The van der Waals surface area contributed by atoms with E-state index in [2.05, 4.69) is 35.9 Å². The SMILES string of the molecule is CC(=N)c1cc(C(=O)Cc2cccc(CC(=O)Nc3cc(/C(C)=N/N=C(N)N)cc(/C(C)=N/N=C(N)N)c3)c2)cc(/C(C)=N/N=C(N)N)c1. The number of benzene rings is 3. The lowest BCUT2D eigenvalue weighted by molar-refractivity contribution is -0.115. The van der Waals surface area contributed by atoms with Crippen LogP contribution >= 0.6 is 0 Å². The molecule has 14 N–H and O–H groups in total. The Bertz CT molecular complexity index is 1890. The van der Waals surface area contributed by atoms with Gasteiger partial charge in [-0.3, -0.25) is 9.59 Å². The number of nitrogens with one attached hydrogen (secondary N) is 2. The maximum atomic E-state index is 13.4. The summed E-state index contributed by atoms with van der Waals surface area (Å²) in [6.45, 7) is 6.74. The van der Waals surface area contributed by atoms with Gasteiger partial charge >= 0.3 is 0 Å². The third kappa shape index (κ3) is 11.5. The van der Waals surface area contributed by atoms with Crippen molar-refractivity contribution >= 4 is 58.1 Å². The quantitative estimate of drug-likeness (QED) is 0.0574. The minimum atomic E-state index is -0.307. The van der Waals surface area contributed by atoms with Crippen molar-refractivity contribution < 1.29 is 9.59 Å². The Labute approximate surface area is 283 Å². The van der Waals surface area contributed by atoms with Crippen molar-refractivity contribution in [1.82, 2.24) is 0 Å². The summed E-state index contributed by atoms with van der Waals surface area (Å²) in [7, 11) is 0. The van der Waals surface area contributed by atoms with E-state index in [0.29, 0.717) is 61.8 Å². The predicted molar refractivity (Wildman–Crippen MR) is 196 cm³/mol. The lowest BCUT2D eigenvalue weighted by atomic mass is 9.95. The number of carbonyl (C=O) groups excluding carboxylic acids is 2. The molecule has 0 atom stereocenters. The fourth-order valence-corrected chi connectivity index (χ4v) is 4.43. The molecule has 1 amide bonds. The number of nitrogens with two attached hydrogens (primary N) is 6. The summed E-state index contributed by atoms with van der Waals surface area (Å²) in [6, 6.07) is 17.5. The maximum absolute atomic E-state index is 13.4. The fraction of sp³-hybridized carbons (Fsp3) is 0.182. The number of carbonyl (C=O) groups is 2. The van der Waals surface area contributed by atoms with Gasteiger partial charge in [-0.25, -0.2) is 0 Å². The van der Waals surface area contributed by atoms with E-state index >= 15 is 0 Å². The molecule has 0 spiro atoms. The first-order chi connectivity index (χ1) is 23.1. The lowest BCUT2D eigenvalue weighted by Crippen LogP contribution is -2.22. The van der Waals surface area contributed by atoms with Crippen molar-refractivity contribution in [2.75, 3.05) is 5.32 Å². The van der Waals surface area contributed by atoms with Crippen LogP contribution in [0.15, 0.2) is 91.3 Å². The molecular formula is C33H40N14O2. The van der Waals surface area contributed by atoms with Crippen LogP contribution in [0.25, 0.3) is 0 Å². The average molecular weight is 665 g/mol. The second kappa shape index (κ2) is 16.7. The van der Waals surface area contributed by atoms with Gasteiger partial charge in [-0.05, 0) is 86.3 Å². The number of amides is 1. The Morgan fingerprint density at radius 3 is 1.45 bits per heavy atom. The normalized spacial score (nSPS) is 11.7. The highest BCUT2D eigenvalue weighted by atomic mass is 16.1. The Kier molecular flexibility index (Phi) is 12.6. The minimum Gasteiger partial charge on any atom is -0.369 e. The van der Waals surface area contributed by atoms with Crippen LogP contribution in [0.4, 0.5) is 5.69 Å². The summed E-state index contributed by atoms with van der Waals surface area (Å²) in [6.07, 6.45) is 0.0878. The number of guanidine groups is 3. The third-order valence-electron chi connectivity index (χ3n) is 6.83. The highest BCUT2D eigenvalue weighted by Gasteiger charge is 2.14. The zero-order chi connectivity index (χ0) is 36.2. The highest BCUT2D eigenvalue weighted by Crippen LogP contribution is 2.20. The largest absolute Gasteiger partial charge is 0.369 e. The summed E-state index contributed by atoms with van der Waals surface area (Å²) in [5.41, 5.74) is 38.8. The van der Waals surface area contributed by atoms with Gasteiger partial charge in [0, 0.05) is 34.5 Å². The van der Waals surface area contributed by atoms with Crippen LogP contribution in [0.2, 0.25) is 0 Å². The summed E-state index contributed by atoms with van der Waals surface area (Å²) in [4.78, 5) is 26.6. The van der Waals surface area contributed by atoms with E-state index in [1.54, 1.807) is 82.3 Å². The first-order valence-corrected chi connectivity index (χ1v) is 14.8. The molecule has 3 aromatic rings. The van der Waals surface area contributed by atoms with Crippen molar-refractivity contribution in [2.45, 2.75) is 40.5 Å². The molecule has 254 valence electrons. The van der Waals surface area contributed by atoms with Crippen molar-refractivity contribution in [1.29, 1.82) is 5.41 Å². The van der Waals surface area contributed by atoms with Gasteiger partial charge in [-0.15, -0.1) is 15.3 Å². The number of nitrogens with zero attached hydrogens (tertiary/aromatic N) is 6. The Balaban J connectivity index is 1.85. The van der Waals surface area contributed by atoms with Gasteiger partial charge in [0.05, 0.1) is 23.6 Å². The molecule has 3 rings (SSSR count). The maximum Gasteiger partial charge on any atom is 0.228 e. The molecule has 0 aliphatic rings. The lowest BCUT2D eigenvalue weighted by Gasteiger charge is -2.12. The molecule has 0 aliphatic carbocycles. The molecule has 0 saturated carbocycles. The molecule has 0 fully saturated rings. The van der Waals surface area contributed by atoms with Gasteiger partial charge in [0.2, 0.25) is 23.8 Å². The van der Waals surface area contributed by atoms with Crippen LogP contribution < -0.4 is 39.7 Å². The number of hydrogen-bond acceptors (Lipinski definition) is 9. The van der Waals surface area contributed by atoms with Crippen LogP contribution in [0, 0.1) is 5.41 Å². The van der Waals surface area contributed by atoms with E-state index in [1.807, 2.05) is 6.07 Å². The monoisotopic (exact) mass is 664 g/mol. The molecule has 16 heteroatoms. The molecule has 0 aromatic heterocycles. The Morgan fingerprint density at radius 2 is 0.980 bits per heavy atom. The standard InChI is InChI=1S/C33H40N14O2/c1-17(34)23-11-24(18(2)42-45-31(35)36)14-27(12-23)29(48)9-21-6-5-7-22(8-21)10-30(49)41-28-15-25(19(3)43-46-32(37)38)13-26(16-28)20(4)44-47-33(39)40/h5-8,11-16,34H,9-10H2,1-4H3,(H,41,49)(H4,35,36,45)(H4,37,38,46)(H4,39,40,47)/b34-17?,42-18+,43-19+,44-20+. The van der Waals surface area contributed by atoms with E-state index in [4.69, 9.17) is 39.8 Å². The third-order valence-corrected chi connectivity index (χ3v) is 6.83. The van der Waals surface area contributed by atoms with Crippen molar-refractivity contribution in [3.8, 4) is 0 Å². The van der Waals surface area contributed by atoms with Gasteiger partial charge in [-0.1, -0.05) is 24.3 Å². The summed E-state index contributed by atoms with van der Waals surface area (Å²) < 4.78 is 0. The summed E-state index contributed by atoms with van der Waals surface area (Å²) in [5, 5.41) is 34.2. The molecule has 0 bridgehead atoms. The van der Waals surface area contributed by atoms with Crippen LogP contribution in [0.5, 0.6) is 0 Å². The zero-order valence-corrected chi connectivity index (χ0v) is 27.7. The van der Waals surface area contributed by atoms with Crippen LogP contribution in [0.3, 0.4) is 0 Å². The van der Waals surface area contributed by atoms with Crippen molar-refractivity contribution in [2.24, 2.45) is 65.0 Å². The number of hydrogen-bond donors (Lipinski definition) is 8. The first-order valence-electron chi connectivity index (χ1n) is 14.8. The Morgan fingerprint density at radius 1 is 0.571 bits per heavy atom. The predicted octanol–water partition coefficient (Wildman–Crippen LogP) is 1.67. The molecule has 0 heterocycles. The highest BCUT2D eigenvalue weighted by molar-refractivity contribution is 6.08. The molecular weight excluding hydrogens is 624 g/mol. The van der Waals surface area contributed by atoms with Crippen molar-refractivity contribution in [3.05, 3.63) is 99.6 Å². The van der Waals surface area contributed by atoms with E-state index in [-0.39, 0.29) is 48.1 Å². The van der Waals surface area contributed by atoms with Gasteiger partial charge in [0.1, 0.15) is 0 Å². The summed E-state index contributed by atoms with van der Waals surface area (Å²) in [5.74, 6) is -1.10. The molecule has 0 unspecified atom stereocenters. The van der Waals surface area contributed by atoms with Crippen LogP contribution in [-0.4, -0.2) is 52.4 Å². The van der Waals surface area contributed by atoms with E-state index in [1.165, 1.54) is 0 Å². The van der Waals surface area contributed by atoms with E-state index in [9.17, 15) is 9.59 Å². The molecule has 0 aliphatic heterocycles.